The van der Waals surface area contributed by atoms with Gasteiger partial charge in [-0.05, 0) is 30.3 Å². The van der Waals surface area contributed by atoms with Crippen molar-refractivity contribution in [2.45, 2.75) is 0 Å². The number of nitrogens with zero attached hydrogens (tertiary/aromatic N) is 1. The van der Waals surface area contributed by atoms with E-state index in [0.717, 1.165) is 6.07 Å². The highest BCUT2D eigenvalue weighted by Gasteiger charge is 2.10. The number of rotatable bonds is 2. The first-order valence-corrected chi connectivity index (χ1v) is 5.47. The predicted octanol–water partition coefficient (Wildman–Crippen LogP) is 2.53. The molecule has 0 fully saturated rings. The Kier molecular flexibility index (Phi) is 3.44. The molecule has 1 amide bonds. The van der Waals surface area contributed by atoms with Gasteiger partial charge in [-0.15, -0.1) is 0 Å². The Hall–Kier alpha value is -2.87. The molecule has 0 aliphatic heterocycles. The summed E-state index contributed by atoms with van der Waals surface area (Å²) in [5, 5.41) is 11.5. The van der Waals surface area contributed by atoms with Crippen LogP contribution in [0.3, 0.4) is 0 Å². The molecule has 0 heterocycles. The van der Waals surface area contributed by atoms with Gasteiger partial charge in [0.05, 0.1) is 16.9 Å². The van der Waals surface area contributed by atoms with Crippen molar-refractivity contribution >= 4 is 17.3 Å². The van der Waals surface area contributed by atoms with Crippen molar-refractivity contribution < 1.29 is 9.18 Å². The Labute approximate surface area is 109 Å². The highest BCUT2D eigenvalue weighted by Crippen LogP contribution is 2.17. The van der Waals surface area contributed by atoms with E-state index in [0.29, 0.717) is 11.3 Å². The number of nitrogens with one attached hydrogen (secondary N) is 1. The summed E-state index contributed by atoms with van der Waals surface area (Å²) in [7, 11) is 0. The maximum absolute atomic E-state index is 13.0. The minimum atomic E-state index is -0.575. The lowest BCUT2D eigenvalue weighted by Crippen LogP contribution is -2.13. The van der Waals surface area contributed by atoms with Crippen LogP contribution in [0, 0.1) is 17.1 Å². The molecule has 19 heavy (non-hydrogen) atoms. The topological polar surface area (TPSA) is 78.9 Å². The van der Waals surface area contributed by atoms with Gasteiger partial charge in [0, 0.05) is 5.56 Å². The highest BCUT2D eigenvalue weighted by atomic mass is 19.1. The zero-order valence-electron chi connectivity index (χ0n) is 9.85. The molecular weight excluding hydrogens is 245 g/mol. The number of hydrogen-bond acceptors (Lipinski definition) is 3. The first kappa shape index (κ1) is 12.6. The second-order valence-electron chi connectivity index (χ2n) is 3.85. The first-order chi connectivity index (χ1) is 9.11. The van der Waals surface area contributed by atoms with Crippen molar-refractivity contribution in [1.82, 2.24) is 0 Å². The van der Waals surface area contributed by atoms with E-state index in [1.54, 1.807) is 24.3 Å². The Morgan fingerprint density at radius 1 is 1.26 bits per heavy atom. The number of benzene rings is 2. The summed E-state index contributed by atoms with van der Waals surface area (Å²) in [4.78, 5) is 11.9. The van der Waals surface area contributed by atoms with E-state index >= 15 is 0 Å². The van der Waals surface area contributed by atoms with E-state index in [4.69, 9.17) is 11.0 Å². The minimum Gasteiger partial charge on any atom is -0.396 e. The zero-order chi connectivity index (χ0) is 13.8. The summed E-state index contributed by atoms with van der Waals surface area (Å²) >= 11 is 0. The number of hydrogen-bond donors (Lipinski definition) is 2. The lowest BCUT2D eigenvalue weighted by atomic mass is 10.1. The molecule has 3 N–H and O–H groups in total. The molecule has 0 bridgehead atoms. The molecular formula is C14H10FN3O. The van der Waals surface area contributed by atoms with Gasteiger partial charge < -0.3 is 11.1 Å². The third-order valence-electron chi connectivity index (χ3n) is 2.55. The fraction of sp³-hybridized carbons (Fsp3) is 0. The molecule has 94 valence electrons. The second kappa shape index (κ2) is 5.19. The van der Waals surface area contributed by atoms with Gasteiger partial charge in [-0.1, -0.05) is 12.1 Å². The number of carbonyl (C=O) groups excluding carboxylic acids is 1. The van der Waals surface area contributed by atoms with Gasteiger partial charge in [-0.2, -0.15) is 5.26 Å². The quantitative estimate of drug-likeness (QED) is 0.809. The number of amides is 1. The van der Waals surface area contributed by atoms with Gasteiger partial charge in [0.25, 0.3) is 5.91 Å². The van der Waals surface area contributed by atoms with Gasteiger partial charge >= 0.3 is 0 Å². The molecule has 0 aliphatic carbocycles. The average molecular weight is 255 g/mol. The number of nitrogen functional groups attached to an aromatic ring is 1. The molecule has 0 aliphatic rings. The Balaban J connectivity index is 2.26. The molecule has 0 saturated heterocycles. The Morgan fingerprint density at radius 3 is 2.68 bits per heavy atom. The van der Waals surface area contributed by atoms with Gasteiger partial charge in [0.15, 0.2) is 0 Å². The van der Waals surface area contributed by atoms with E-state index in [1.807, 2.05) is 6.07 Å². The fourth-order valence-corrected chi connectivity index (χ4v) is 1.57. The lowest BCUT2D eigenvalue weighted by molar-refractivity contribution is 0.102. The van der Waals surface area contributed by atoms with Crippen LogP contribution in [-0.4, -0.2) is 5.91 Å². The number of halogens is 1. The summed E-state index contributed by atoms with van der Waals surface area (Å²) in [6, 6.07) is 12.3. The van der Waals surface area contributed by atoms with E-state index in [1.165, 1.54) is 12.1 Å². The fourth-order valence-electron chi connectivity index (χ4n) is 1.57. The van der Waals surface area contributed by atoms with E-state index in [9.17, 15) is 9.18 Å². The molecule has 0 aromatic heterocycles. The molecule has 0 unspecified atom stereocenters. The van der Waals surface area contributed by atoms with Crippen LogP contribution in [-0.2, 0) is 0 Å². The highest BCUT2D eigenvalue weighted by molar-refractivity contribution is 6.05. The average Bonchev–Trinajstić information content (AvgIpc) is 2.42. The number of nitriles is 1. The number of para-hydroxylation sites is 1. The summed E-state index contributed by atoms with van der Waals surface area (Å²) in [6.07, 6.45) is 0. The van der Waals surface area contributed by atoms with Crippen molar-refractivity contribution in [3.8, 4) is 6.07 Å². The predicted molar refractivity (Wildman–Crippen MR) is 69.9 cm³/mol. The minimum absolute atomic E-state index is 0.0961. The molecule has 0 radical (unpaired) electrons. The largest absolute Gasteiger partial charge is 0.396 e. The van der Waals surface area contributed by atoms with E-state index < -0.39 is 11.7 Å². The van der Waals surface area contributed by atoms with Crippen LogP contribution >= 0.6 is 0 Å². The summed E-state index contributed by atoms with van der Waals surface area (Å²) in [5.74, 6) is -1.02. The third-order valence-corrected chi connectivity index (χ3v) is 2.55. The molecule has 2 aromatic rings. The summed E-state index contributed by atoms with van der Waals surface area (Å²) in [5.41, 5.74) is 6.29. The van der Waals surface area contributed by atoms with Crippen molar-refractivity contribution in [3.63, 3.8) is 0 Å². The number of nitrogens with two attached hydrogens (primary N) is 1. The van der Waals surface area contributed by atoms with Gasteiger partial charge in [0.2, 0.25) is 0 Å². The van der Waals surface area contributed by atoms with Crippen LogP contribution in [0.4, 0.5) is 15.8 Å². The van der Waals surface area contributed by atoms with E-state index in [-0.39, 0.29) is 11.3 Å². The standard InChI is InChI=1S/C14H10FN3O/c15-11-6-5-9(7-12(11)17)14(19)18-13-4-2-1-3-10(13)8-16/h1-7H,17H2,(H,18,19). The zero-order valence-corrected chi connectivity index (χ0v) is 9.85. The van der Waals surface area contributed by atoms with Crippen LogP contribution < -0.4 is 11.1 Å². The summed E-state index contributed by atoms with van der Waals surface area (Å²) in [6.45, 7) is 0. The molecule has 0 atom stereocenters. The van der Waals surface area contributed by atoms with Crippen LogP contribution in [0.1, 0.15) is 15.9 Å². The lowest BCUT2D eigenvalue weighted by Gasteiger charge is -2.07. The smallest absolute Gasteiger partial charge is 0.255 e. The first-order valence-electron chi connectivity index (χ1n) is 5.47. The van der Waals surface area contributed by atoms with Crippen molar-refractivity contribution in [3.05, 3.63) is 59.4 Å². The molecule has 0 spiro atoms. The SMILES string of the molecule is N#Cc1ccccc1NC(=O)c1ccc(F)c(N)c1. The van der Waals surface area contributed by atoms with Crippen molar-refractivity contribution in [2.75, 3.05) is 11.1 Å². The second-order valence-corrected chi connectivity index (χ2v) is 3.85. The van der Waals surface area contributed by atoms with Crippen LogP contribution in [0.15, 0.2) is 42.5 Å². The van der Waals surface area contributed by atoms with Crippen LogP contribution in [0.2, 0.25) is 0 Å². The monoisotopic (exact) mass is 255 g/mol. The molecule has 0 saturated carbocycles. The molecule has 4 nitrogen and oxygen atoms in total. The molecule has 2 aromatic carbocycles. The Morgan fingerprint density at radius 2 is 2.00 bits per heavy atom. The van der Waals surface area contributed by atoms with Gasteiger partial charge in [-0.3, -0.25) is 4.79 Å². The number of anilines is 2. The normalized spacial score (nSPS) is 9.68. The van der Waals surface area contributed by atoms with Crippen LogP contribution in [0.25, 0.3) is 0 Å². The maximum Gasteiger partial charge on any atom is 0.255 e. The van der Waals surface area contributed by atoms with Crippen molar-refractivity contribution in [1.29, 1.82) is 5.26 Å². The van der Waals surface area contributed by atoms with Gasteiger partial charge in [-0.25, -0.2) is 4.39 Å². The van der Waals surface area contributed by atoms with Crippen molar-refractivity contribution in [2.24, 2.45) is 0 Å². The molecule has 5 heteroatoms. The Bertz CT molecular complexity index is 677. The maximum atomic E-state index is 13.0. The van der Waals surface area contributed by atoms with E-state index in [2.05, 4.69) is 5.32 Å². The molecule has 2 rings (SSSR count). The summed E-state index contributed by atoms with van der Waals surface area (Å²) < 4.78 is 13.0. The third kappa shape index (κ3) is 2.69. The number of carbonyl (C=O) groups is 1. The van der Waals surface area contributed by atoms with Gasteiger partial charge in [0.1, 0.15) is 11.9 Å². The van der Waals surface area contributed by atoms with Crippen LogP contribution in [0.5, 0.6) is 0 Å².